The van der Waals surface area contributed by atoms with Crippen LogP contribution in [-0.2, 0) is 0 Å². The van der Waals surface area contributed by atoms with E-state index in [1.54, 1.807) is 24.9 Å². The summed E-state index contributed by atoms with van der Waals surface area (Å²) < 4.78 is 10.9. The van der Waals surface area contributed by atoms with E-state index in [2.05, 4.69) is 17.4 Å². The van der Waals surface area contributed by atoms with Gasteiger partial charge in [0.2, 0.25) is 0 Å². The van der Waals surface area contributed by atoms with Crippen LogP contribution in [-0.4, -0.2) is 25.3 Å². The largest absolute Gasteiger partial charge is 0.493 e. The van der Waals surface area contributed by atoms with Crippen molar-refractivity contribution in [3.8, 4) is 5.75 Å². The second kappa shape index (κ2) is 7.24. The Morgan fingerprint density at radius 1 is 1.17 bits per heavy atom. The van der Waals surface area contributed by atoms with Gasteiger partial charge in [-0.2, -0.15) is 0 Å². The first-order valence-corrected chi connectivity index (χ1v) is 8.29. The van der Waals surface area contributed by atoms with Gasteiger partial charge >= 0.3 is 0 Å². The summed E-state index contributed by atoms with van der Waals surface area (Å²) in [5.41, 5.74) is 0.596. The van der Waals surface area contributed by atoms with Gasteiger partial charge in [0.25, 0.3) is 5.91 Å². The first-order valence-electron chi connectivity index (χ1n) is 7.30. The molecule has 1 amide bonds. The van der Waals surface area contributed by atoms with Crippen LogP contribution in [0.1, 0.15) is 10.6 Å². The number of rotatable bonds is 6. The van der Waals surface area contributed by atoms with Crippen LogP contribution in [0.25, 0.3) is 11.0 Å². The molecule has 118 valence electrons. The summed E-state index contributed by atoms with van der Waals surface area (Å²) in [6.07, 6.45) is 0. The molecule has 0 radical (unpaired) electrons. The highest BCUT2D eigenvalue weighted by Crippen LogP contribution is 2.28. The van der Waals surface area contributed by atoms with Crippen molar-refractivity contribution in [1.29, 1.82) is 0 Å². The Labute approximate surface area is 138 Å². The van der Waals surface area contributed by atoms with Gasteiger partial charge in [-0.25, -0.2) is 0 Å². The van der Waals surface area contributed by atoms with Crippen LogP contribution in [0, 0.1) is 0 Å². The standard InChI is InChI=1S/C18H17NO3S/c1-21-15-9-5-6-13-12-16(22-17(13)15)18(20)19-10-11-23-14-7-3-2-4-8-14/h2-9,12H,10-11H2,1H3,(H,19,20). The van der Waals surface area contributed by atoms with Crippen LogP contribution < -0.4 is 10.1 Å². The SMILES string of the molecule is COc1cccc2cc(C(=O)NCCSc3ccccc3)oc12. The Hall–Kier alpha value is -2.40. The molecule has 5 heteroatoms. The van der Waals surface area contributed by atoms with Gasteiger partial charge in [0, 0.05) is 22.6 Å². The lowest BCUT2D eigenvalue weighted by Crippen LogP contribution is -2.25. The monoisotopic (exact) mass is 327 g/mol. The molecule has 0 bridgehead atoms. The van der Waals surface area contributed by atoms with Crippen molar-refractivity contribution in [2.45, 2.75) is 4.90 Å². The van der Waals surface area contributed by atoms with Gasteiger partial charge < -0.3 is 14.5 Å². The van der Waals surface area contributed by atoms with E-state index in [1.807, 2.05) is 36.4 Å². The average Bonchev–Trinajstić information content (AvgIpc) is 3.03. The van der Waals surface area contributed by atoms with Crippen LogP contribution in [0.2, 0.25) is 0 Å². The molecule has 0 aliphatic carbocycles. The van der Waals surface area contributed by atoms with Gasteiger partial charge in [-0.3, -0.25) is 4.79 Å². The molecule has 4 nitrogen and oxygen atoms in total. The van der Waals surface area contributed by atoms with Crippen molar-refractivity contribution in [3.63, 3.8) is 0 Å². The van der Waals surface area contributed by atoms with E-state index in [0.717, 1.165) is 11.1 Å². The second-order valence-electron chi connectivity index (χ2n) is 4.91. The van der Waals surface area contributed by atoms with E-state index >= 15 is 0 Å². The zero-order valence-corrected chi connectivity index (χ0v) is 13.6. The van der Waals surface area contributed by atoms with Crippen molar-refractivity contribution in [3.05, 3.63) is 60.4 Å². The third-order valence-electron chi connectivity index (χ3n) is 3.35. The molecule has 0 unspecified atom stereocenters. The van der Waals surface area contributed by atoms with Gasteiger partial charge in [-0.05, 0) is 24.3 Å². The number of carbonyl (C=O) groups is 1. The van der Waals surface area contributed by atoms with Gasteiger partial charge in [0.05, 0.1) is 7.11 Å². The normalized spacial score (nSPS) is 10.7. The Morgan fingerprint density at radius 2 is 2.00 bits per heavy atom. The quantitative estimate of drug-likeness (QED) is 0.550. The average molecular weight is 327 g/mol. The predicted molar refractivity (Wildman–Crippen MR) is 92.3 cm³/mol. The maximum atomic E-state index is 12.2. The van der Waals surface area contributed by atoms with Crippen LogP contribution >= 0.6 is 11.8 Å². The molecule has 2 aromatic carbocycles. The number of ether oxygens (including phenoxy) is 1. The molecule has 0 fully saturated rings. The Kier molecular flexibility index (Phi) is 4.88. The summed E-state index contributed by atoms with van der Waals surface area (Å²) in [6.45, 7) is 0.576. The van der Waals surface area contributed by atoms with E-state index in [1.165, 1.54) is 4.90 Å². The topological polar surface area (TPSA) is 51.5 Å². The lowest BCUT2D eigenvalue weighted by molar-refractivity contribution is 0.0930. The van der Waals surface area contributed by atoms with Gasteiger partial charge in [0.15, 0.2) is 17.1 Å². The molecule has 0 atom stereocenters. The number of hydrogen-bond acceptors (Lipinski definition) is 4. The third-order valence-corrected chi connectivity index (χ3v) is 4.36. The predicted octanol–water partition coefficient (Wildman–Crippen LogP) is 3.96. The summed E-state index contributed by atoms with van der Waals surface area (Å²) in [7, 11) is 1.58. The number of benzene rings is 2. The second-order valence-corrected chi connectivity index (χ2v) is 6.08. The molecule has 0 saturated carbocycles. The third kappa shape index (κ3) is 3.68. The molecule has 1 aromatic heterocycles. The number of amides is 1. The van der Waals surface area contributed by atoms with E-state index < -0.39 is 0 Å². The van der Waals surface area contributed by atoms with Crippen molar-refractivity contribution >= 4 is 28.6 Å². The Balaban J connectivity index is 1.58. The van der Waals surface area contributed by atoms with E-state index in [9.17, 15) is 4.79 Å². The van der Waals surface area contributed by atoms with E-state index in [-0.39, 0.29) is 5.91 Å². The fraction of sp³-hybridized carbons (Fsp3) is 0.167. The van der Waals surface area contributed by atoms with Crippen LogP contribution in [0.15, 0.2) is 63.9 Å². The lowest BCUT2D eigenvalue weighted by Gasteiger charge is -2.03. The van der Waals surface area contributed by atoms with Gasteiger partial charge in [0.1, 0.15) is 0 Å². The zero-order chi connectivity index (χ0) is 16.1. The fourth-order valence-corrected chi connectivity index (χ4v) is 3.04. The molecule has 3 aromatic rings. The summed E-state index contributed by atoms with van der Waals surface area (Å²) >= 11 is 1.70. The highest BCUT2D eigenvalue weighted by Gasteiger charge is 2.14. The molecule has 1 N–H and O–H groups in total. The highest BCUT2D eigenvalue weighted by atomic mass is 32.2. The van der Waals surface area contributed by atoms with E-state index in [4.69, 9.17) is 9.15 Å². The minimum atomic E-state index is -0.211. The van der Waals surface area contributed by atoms with Crippen molar-refractivity contribution < 1.29 is 13.9 Å². The molecular weight excluding hydrogens is 310 g/mol. The zero-order valence-electron chi connectivity index (χ0n) is 12.7. The van der Waals surface area contributed by atoms with Crippen LogP contribution in [0.5, 0.6) is 5.75 Å². The minimum absolute atomic E-state index is 0.211. The van der Waals surface area contributed by atoms with Crippen molar-refractivity contribution in [1.82, 2.24) is 5.32 Å². The number of carbonyl (C=O) groups excluding carboxylic acids is 1. The number of hydrogen-bond donors (Lipinski definition) is 1. The minimum Gasteiger partial charge on any atom is -0.493 e. The molecular formula is C18H17NO3S. The number of furan rings is 1. The van der Waals surface area contributed by atoms with Crippen molar-refractivity contribution in [2.24, 2.45) is 0 Å². The smallest absolute Gasteiger partial charge is 0.287 e. The summed E-state index contributed by atoms with van der Waals surface area (Å²) in [5.74, 6) is 1.52. The highest BCUT2D eigenvalue weighted by molar-refractivity contribution is 7.99. The summed E-state index contributed by atoms with van der Waals surface area (Å²) in [4.78, 5) is 13.4. The van der Waals surface area contributed by atoms with E-state index in [0.29, 0.717) is 23.6 Å². The fourth-order valence-electron chi connectivity index (χ4n) is 2.25. The van der Waals surface area contributed by atoms with Crippen LogP contribution in [0.4, 0.5) is 0 Å². The number of methoxy groups -OCH3 is 1. The summed E-state index contributed by atoms with van der Waals surface area (Å²) in [6, 6.07) is 17.4. The Morgan fingerprint density at radius 3 is 2.78 bits per heavy atom. The maximum Gasteiger partial charge on any atom is 0.287 e. The number of para-hydroxylation sites is 1. The van der Waals surface area contributed by atoms with Gasteiger partial charge in [-0.15, -0.1) is 11.8 Å². The number of thioether (sulfide) groups is 1. The first-order chi connectivity index (χ1) is 11.3. The molecule has 0 spiro atoms. The number of fused-ring (bicyclic) bond motifs is 1. The molecule has 0 aliphatic heterocycles. The summed E-state index contributed by atoms with van der Waals surface area (Å²) in [5, 5.41) is 3.73. The van der Waals surface area contributed by atoms with Crippen molar-refractivity contribution in [2.75, 3.05) is 19.4 Å². The lowest BCUT2D eigenvalue weighted by atomic mass is 10.2. The Bertz CT molecular complexity index is 798. The molecule has 3 rings (SSSR count). The molecule has 1 heterocycles. The van der Waals surface area contributed by atoms with Gasteiger partial charge in [-0.1, -0.05) is 30.3 Å². The first kappa shape index (κ1) is 15.5. The maximum absolute atomic E-state index is 12.2. The van der Waals surface area contributed by atoms with Crippen LogP contribution in [0.3, 0.4) is 0 Å². The number of nitrogens with one attached hydrogen (secondary N) is 1. The molecule has 23 heavy (non-hydrogen) atoms. The molecule has 0 aliphatic rings. The molecule has 0 saturated heterocycles.